The van der Waals surface area contributed by atoms with E-state index in [1.807, 2.05) is 4.90 Å². The van der Waals surface area contributed by atoms with Crippen molar-refractivity contribution in [2.45, 2.75) is 38.4 Å². The summed E-state index contributed by atoms with van der Waals surface area (Å²) >= 11 is 0. The zero-order chi connectivity index (χ0) is 17.4. The predicted molar refractivity (Wildman–Crippen MR) is 90.1 cm³/mol. The molecule has 4 rings (SSSR count). The van der Waals surface area contributed by atoms with Gasteiger partial charge in [-0.25, -0.2) is 4.39 Å². The van der Waals surface area contributed by atoms with Gasteiger partial charge < -0.3 is 9.47 Å². The van der Waals surface area contributed by atoms with Crippen molar-refractivity contribution in [3.63, 3.8) is 0 Å². The van der Waals surface area contributed by atoms with Crippen LogP contribution in [0, 0.1) is 5.82 Å². The number of nitrogens with zero attached hydrogens (tertiary/aromatic N) is 5. The number of carbonyl (C=O) groups is 1. The van der Waals surface area contributed by atoms with E-state index < -0.39 is 0 Å². The van der Waals surface area contributed by atoms with Gasteiger partial charge in [0, 0.05) is 13.1 Å². The molecule has 1 amide bonds. The first-order valence-electron chi connectivity index (χ1n) is 8.76. The van der Waals surface area contributed by atoms with Crippen LogP contribution in [-0.2, 0) is 24.3 Å². The fraction of sp³-hybridized carbons (Fsp3) is 0.500. The van der Waals surface area contributed by atoms with E-state index in [2.05, 4.69) is 26.7 Å². The van der Waals surface area contributed by atoms with Crippen LogP contribution in [0.25, 0.3) is 0 Å². The minimum atomic E-state index is -0.285. The fourth-order valence-electron chi connectivity index (χ4n) is 3.76. The quantitative estimate of drug-likeness (QED) is 0.852. The summed E-state index contributed by atoms with van der Waals surface area (Å²) in [5.74, 6) is 1.64. The smallest absolute Gasteiger partial charge is 0.227 e. The van der Waals surface area contributed by atoms with E-state index in [1.165, 1.54) is 18.6 Å². The zero-order valence-corrected chi connectivity index (χ0v) is 14.4. The average Bonchev–Trinajstić information content (AvgIpc) is 3.22. The molecule has 0 spiro atoms. The number of rotatable bonds is 3. The maximum Gasteiger partial charge on any atom is 0.227 e. The third-order valence-electron chi connectivity index (χ3n) is 5.22. The number of hydrogen-bond acceptors (Lipinski definition) is 4. The van der Waals surface area contributed by atoms with Crippen LogP contribution in [-0.4, -0.2) is 50.6 Å². The maximum atomic E-state index is 13.0. The highest BCUT2D eigenvalue weighted by Crippen LogP contribution is 2.30. The van der Waals surface area contributed by atoms with Gasteiger partial charge in [0.1, 0.15) is 5.82 Å². The molecule has 2 aliphatic heterocycles. The van der Waals surface area contributed by atoms with Crippen molar-refractivity contribution < 1.29 is 9.18 Å². The van der Waals surface area contributed by atoms with Gasteiger partial charge in [-0.3, -0.25) is 9.69 Å². The average molecular weight is 343 g/mol. The van der Waals surface area contributed by atoms with E-state index in [-0.39, 0.29) is 18.1 Å². The van der Waals surface area contributed by atoms with Crippen molar-refractivity contribution in [3.8, 4) is 0 Å². The van der Waals surface area contributed by atoms with Crippen molar-refractivity contribution in [2.75, 3.05) is 20.1 Å². The van der Waals surface area contributed by atoms with Crippen LogP contribution < -0.4 is 0 Å². The summed E-state index contributed by atoms with van der Waals surface area (Å²) in [5, 5.41) is 8.74. The Morgan fingerprint density at radius 1 is 1.20 bits per heavy atom. The summed E-state index contributed by atoms with van der Waals surface area (Å²) in [4.78, 5) is 16.7. The summed E-state index contributed by atoms with van der Waals surface area (Å²) < 4.78 is 15.2. The number of fused-ring (bicyclic) bond motifs is 1. The van der Waals surface area contributed by atoms with Gasteiger partial charge >= 0.3 is 0 Å². The van der Waals surface area contributed by atoms with Gasteiger partial charge in [0.2, 0.25) is 5.91 Å². The summed E-state index contributed by atoms with van der Waals surface area (Å²) in [6.45, 7) is 2.98. The fourth-order valence-corrected chi connectivity index (χ4v) is 3.76. The molecule has 0 radical (unpaired) electrons. The lowest BCUT2D eigenvalue weighted by Gasteiger charge is -2.29. The molecule has 0 aliphatic carbocycles. The van der Waals surface area contributed by atoms with Gasteiger partial charge in [0.05, 0.1) is 19.0 Å². The molecule has 1 aromatic carbocycles. The molecular weight excluding hydrogens is 321 g/mol. The SMILES string of the molecule is CN1CCC[C@@H]1c1nnc2n1CCN(C(=O)Cc1ccc(F)cc1)C2. The van der Waals surface area contributed by atoms with E-state index in [9.17, 15) is 9.18 Å². The second-order valence-electron chi connectivity index (χ2n) is 6.88. The standard InChI is InChI=1S/C18H22FN5O/c1-22-8-2-3-15(22)18-21-20-16-12-23(9-10-24(16)18)17(25)11-13-4-6-14(19)7-5-13/h4-7,15H,2-3,8-12H2,1H3/t15-/m1/s1. The lowest BCUT2D eigenvalue weighted by atomic mass is 10.1. The lowest BCUT2D eigenvalue weighted by Crippen LogP contribution is -2.40. The monoisotopic (exact) mass is 343 g/mol. The summed E-state index contributed by atoms with van der Waals surface area (Å²) in [6, 6.07) is 6.43. The second-order valence-corrected chi connectivity index (χ2v) is 6.88. The molecule has 0 N–H and O–H groups in total. The molecule has 1 aromatic heterocycles. The molecule has 0 bridgehead atoms. The Bertz CT molecular complexity index is 772. The molecule has 132 valence electrons. The van der Waals surface area contributed by atoms with E-state index in [4.69, 9.17) is 0 Å². The van der Waals surface area contributed by atoms with Gasteiger partial charge in [0.15, 0.2) is 11.6 Å². The first kappa shape index (κ1) is 16.2. The van der Waals surface area contributed by atoms with E-state index in [1.54, 1.807) is 12.1 Å². The Kier molecular flexibility index (Phi) is 4.25. The van der Waals surface area contributed by atoms with Crippen LogP contribution in [0.1, 0.15) is 36.1 Å². The van der Waals surface area contributed by atoms with Crippen LogP contribution >= 0.6 is 0 Å². The molecule has 2 aromatic rings. The number of benzene rings is 1. The molecule has 25 heavy (non-hydrogen) atoms. The van der Waals surface area contributed by atoms with Gasteiger partial charge in [-0.2, -0.15) is 0 Å². The van der Waals surface area contributed by atoms with Crippen molar-refractivity contribution in [1.29, 1.82) is 0 Å². The topological polar surface area (TPSA) is 54.3 Å². The Labute approximate surface area is 146 Å². The minimum absolute atomic E-state index is 0.0420. The first-order valence-corrected chi connectivity index (χ1v) is 8.76. The molecule has 6 nitrogen and oxygen atoms in total. The molecule has 0 unspecified atom stereocenters. The Morgan fingerprint density at radius 2 is 2.00 bits per heavy atom. The predicted octanol–water partition coefficient (Wildman–Crippen LogP) is 1.77. The van der Waals surface area contributed by atoms with E-state index in [0.717, 1.165) is 36.7 Å². The van der Waals surface area contributed by atoms with Gasteiger partial charge in [-0.05, 0) is 44.1 Å². The first-order chi connectivity index (χ1) is 12.1. The van der Waals surface area contributed by atoms with Crippen LogP contribution in [0.4, 0.5) is 4.39 Å². The Hall–Kier alpha value is -2.28. The lowest BCUT2D eigenvalue weighted by molar-refractivity contribution is -0.132. The Morgan fingerprint density at radius 3 is 2.72 bits per heavy atom. The van der Waals surface area contributed by atoms with Crippen molar-refractivity contribution in [1.82, 2.24) is 24.6 Å². The van der Waals surface area contributed by atoms with Crippen LogP contribution in [0.15, 0.2) is 24.3 Å². The van der Waals surface area contributed by atoms with Gasteiger partial charge in [-0.1, -0.05) is 12.1 Å². The number of hydrogen-bond donors (Lipinski definition) is 0. The number of aromatic nitrogens is 3. The van der Waals surface area contributed by atoms with Crippen LogP contribution in [0.3, 0.4) is 0 Å². The van der Waals surface area contributed by atoms with Crippen molar-refractivity contribution >= 4 is 5.91 Å². The highest BCUT2D eigenvalue weighted by atomic mass is 19.1. The number of halogens is 1. The minimum Gasteiger partial charge on any atom is -0.333 e. The summed E-state index contributed by atoms with van der Waals surface area (Å²) in [7, 11) is 2.13. The Balaban J connectivity index is 1.45. The van der Waals surface area contributed by atoms with Gasteiger partial charge in [0.25, 0.3) is 0 Å². The highest BCUT2D eigenvalue weighted by molar-refractivity contribution is 5.78. The number of amides is 1. The molecule has 1 fully saturated rings. The molecular formula is C18H22FN5O. The molecule has 2 aliphatic rings. The largest absolute Gasteiger partial charge is 0.333 e. The second kappa shape index (κ2) is 6.55. The van der Waals surface area contributed by atoms with Gasteiger partial charge in [-0.15, -0.1) is 10.2 Å². The van der Waals surface area contributed by atoms with Crippen molar-refractivity contribution in [3.05, 3.63) is 47.3 Å². The molecule has 7 heteroatoms. The summed E-state index contributed by atoms with van der Waals surface area (Å²) in [6.07, 6.45) is 2.58. The molecule has 3 heterocycles. The van der Waals surface area contributed by atoms with Crippen molar-refractivity contribution in [2.24, 2.45) is 0 Å². The maximum absolute atomic E-state index is 13.0. The zero-order valence-electron chi connectivity index (χ0n) is 14.4. The molecule has 1 atom stereocenters. The van der Waals surface area contributed by atoms with Crippen LogP contribution in [0.2, 0.25) is 0 Å². The molecule has 1 saturated heterocycles. The highest BCUT2D eigenvalue weighted by Gasteiger charge is 2.31. The number of carbonyl (C=O) groups excluding carboxylic acids is 1. The van der Waals surface area contributed by atoms with Crippen LogP contribution in [0.5, 0.6) is 0 Å². The third-order valence-corrected chi connectivity index (χ3v) is 5.22. The normalized spacial score (nSPS) is 20.7. The van der Waals surface area contributed by atoms with E-state index in [0.29, 0.717) is 19.1 Å². The summed E-state index contributed by atoms with van der Waals surface area (Å²) in [5.41, 5.74) is 0.826. The third kappa shape index (κ3) is 3.16. The number of likely N-dealkylation sites (tertiary alicyclic amines) is 1. The van der Waals surface area contributed by atoms with E-state index >= 15 is 0 Å². The molecule has 0 saturated carbocycles.